The molecular formula is C19H16FN3O7S2. The second kappa shape index (κ2) is 8.80. The SMILES string of the molecule is COc1ccc(S(=O)(=O)Nc2ccccc2NS(=O)(=O)c2ccc(F)cc2)cc1[N+](=O)[O-]. The fourth-order valence-electron chi connectivity index (χ4n) is 2.66. The number of methoxy groups -OCH3 is 1. The Kier molecular flexibility index (Phi) is 6.32. The fourth-order valence-corrected chi connectivity index (χ4v) is 4.84. The number of sulfonamides is 2. The molecule has 0 aliphatic rings. The molecule has 0 aliphatic heterocycles. The van der Waals surface area contributed by atoms with Gasteiger partial charge in [-0.3, -0.25) is 19.6 Å². The van der Waals surface area contributed by atoms with Crippen molar-refractivity contribution in [3.63, 3.8) is 0 Å². The number of ether oxygens (including phenoxy) is 1. The lowest BCUT2D eigenvalue weighted by atomic mass is 10.3. The summed E-state index contributed by atoms with van der Waals surface area (Å²) >= 11 is 0. The molecule has 0 heterocycles. The van der Waals surface area contributed by atoms with Crippen LogP contribution in [-0.2, 0) is 20.0 Å². The van der Waals surface area contributed by atoms with Crippen LogP contribution in [0.25, 0.3) is 0 Å². The van der Waals surface area contributed by atoms with E-state index in [0.717, 1.165) is 42.5 Å². The first-order valence-electron chi connectivity index (χ1n) is 8.76. The molecule has 0 bridgehead atoms. The summed E-state index contributed by atoms with van der Waals surface area (Å²) in [5.74, 6) is -0.743. The number of hydrogen-bond acceptors (Lipinski definition) is 7. The Hall–Kier alpha value is -3.71. The predicted molar refractivity (Wildman–Crippen MR) is 114 cm³/mol. The first-order valence-corrected chi connectivity index (χ1v) is 11.7. The largest absolute Gasteiger partial charge is 0.490 e. The van der Waals surface area contributed by atoms with Gasteiger partial charge in [0.25, 0.3) is 20.0 Å². The highest BCUT2D eigenvalue weighted by Gasteiger charge is 2.24. The summed E-state index contributed by atoms with van der Waals surface area (Å²) < 4.78 is 73.2. The van der Waals surface area contributed by atoms with Gasteiger partial charge in [-0.2, -0.15) is 0 Å². The van der Waals surface area contributed by atoms with Crippen molar-refractivity contribution in [1.82, 2.24) is 0 Å². The second-order valence-corrected chi connectivity index (χ2v) is 9.67. The van der Waals surface area contributed by atoms with Crippen LogP contribution in [0.5, 0.6) is 5.75 Å². The molecule has 2 N–H and O–H groups in total. The van der Waals surface area contributed by atoms with Gasteiger partial charge in [-0.25, -0.2) is 21.2 Å². The molecule has 0 aliphatic carbocycles. The molecule has 0 radical (unpaired) electrons. The van der Waals surface area contributed by atoms with E-state index in [2.05, 4.69) is 9.44 Å². The molecule has 3 aromatic carbocycles. The first kappa shape index (κ1) is 23.0. The zero-order valence-corrected chi connectivity index (χ0v) is 18.0. The highest BCUT2D eigenvalue weighted by Crippen LogP contribution is 2.31. The van der Waals surface area contributed by atoms with Crippen molar-refractivity contribution in [2.75, 3.05) is 16.6 Å². The minimum atomic E-state index is -4.34. The van der Waals surface area contributed by atoms with Crippen molar-refractivity contribution in [2.24, 2.45) is 0 Å². The number of para-hydroxylation sites is 2. The Bertz CT molecular complexity index is 1380. The minimum absolute atomic E-state index is 0.108. The molecule has 3 aromatic rings. The van der Waals surface area contributed by atoms with Crippen LogP contribution in [0.4, 0.5) is 21.5 Å². The van der Waals surface area contributed by atoms with Crippen LogP contribution in [0.15, 0.2) is 76.5 Å². The molecule has 0 fully saturated rings. The lowest BCUT2D eigenvalue weighted by Crippen LogP contribution is -2.17. The molecule has 0 unspecified atom stereocenters. The normalized spacial score (nSPS) is 11.6. The summed E-state index contributed by atoms with van der Waals surface area (Å²) in [6.07, 6.45) is 0. The van der Waals surface area contributed by atoms with Gasteiger partial charge >= 0.3 is 5.69 Å². The number of benzene rings is 3. The van der Waals surface area contributed by atoms with Crippen LogP contribution in [-0.4, -0.2) is 28.9 Å². The lowest BCUT2D eigenvalue weighted by Gasteiger charge is -2.15. The maximum Gasteiger partial charge on any atom is 0.312 e. The van der Waals surface area contributed by atoms with E-state index >= 15 is 0 Å². The van der Waals surface area contributed by atoms with Crippen molar-refractivity contribution in [3.8, 4) is 5.75 Å². The maximum absolute atomic E-state index is 13.1. The van der Waals surface area contributed by atoms with Gasteiger partial charge in [-0.05, 0) is 48.5 Å². The summed E-state index contributed by atoms with van der Waals surface area (Å²) in [4.78, 5) is 9.74. The number of rotatable bonds is 8. The average Bonchev–Trinajstić information content (AvgIpc) is 2.74. The quantitative estimate of drug-likeness (QED) is 0.371. The van der Waals surface area contributed by atoms with Gasteiger partial charge in [0.1, 0.15) is 5.82 Å². The van der Waals surface area contributed by atoms with Gasteiger partial charge in [0.15, 0.2) is 5.75 Å². The Labute approximate surface area is 182 Å². The number of anilines is 2. The van der Waals surface area contributed by atoms with Crippen LogP contribution >= 0.6 is 0 Å². The number of halogens is 1. The van der Waals surface area contributed by atoms with Crippen LogP contribution in [0.2, 0.25) is 0 Å². The van der Waals surface area contributed by atoms with Gasteiger partial charge in [0.05, 0.1) is 33.2 Å². The van der Waals surface area contributed by atoms with Crippen molar-refractivity contribution >= 4 is 37.1 Å². The van der Waals surface area contributed by atoms with E-state index in [1.54, 1.807) is 0 Å². The van der Waals surface area contributed by atoms with Gasteiger partial charge < -0.3 is 4.74 Å². The van der Waals surface area contributed by atoms with Crippen LogP contribution in [0.1, 0.15) is 0 Å². The number of nitro groups is 1. The lowest BCUT2D eigenvalue weighted by molar-refractivity contribution is -0.386. The average molecular weight is 481 g/mol. The molecule has 168 valence electrons. The Morgan fingerprint density at radius 3 is 1.84 bits per heavy atom. The third-order valence-electron chi connectivity index (χ3n) is 4.20. The number of nitro benzene ring substituents is 1. The molecular weight excluding hydrogens is 465 g/mol. The molecule has 3 rings (SSSR count). The van der Waals surface area contributed by atoms with Crippen LogP contribution in [0, 0.1) is 15.9 Å². The van der Waals surface area contributed by atoms with Gasteiger partial charge in [-0.1, -0.05) is 12.1 Å². The Morgan fingerprint density at radius 2 is 1.34 bits per heavy atom. The summed E-state index contributed by atoms with van der Waals surface area (Å²) in [5.41, 5.74) is -0.791. The molecule has 0 saturated carbocycles. The van der Waals surface area contributed by atoms with E-state index in [4.69, 9.17) is 4.74 Å². The van der Waals surface area contributed by atoms with E-state index in [1.165, 1.54) is 31.4 Å². The van der Waals surface area contributed by atoms with E-state index < -0.39 is 41.4 Å². The molecule has 0 aromatic heterocycles. The van der Waals surface area contributed by atoms with Gasteiger partial charge in [0.2, 0.25) is 0 Å². The van der Waals surface area contributed by atoms with Gasteiger partial charge in [-0.15, -0.1) is 0 Å². The molecule has 0 saturated heterocycles. The zero-order chi connectivity index (χ0) is 23.5. The number of nitrogens with one attached hydrogen (secondary N) is 2. The fraction of sp³-hybridized carbons (Fsp3) is 0.0526. The minimum Gasteiger partial charge on any atom is -0.490 e. The van der Waals surface area contributed by atoms with Crippen LogP contribution < -0.4 is 14.2 Å². The number of hydrogen-bond donors (Lipinski definition) is 2. The topological polar surface area (TPSA) is 145 Å². The maximum atomic E-state index is 13.1. The third-order valence-corrected chi connectivity index (χ3v) is 6.94. The van der Waals surface area contributed by atoms with Crippen molar-refractivity contribution in [2.45, 2.75) is 9.79 Å². The predicted octanol–water partition coefficient (Wildman–Crippen LogP) is 3.34. The molecule has 32 heavy (non-hydrogen) atoms. The highest BCUT2D eigenvalue weighted by atomic mass is 32.2. The highest BCUT2D eigenvalue weighted by molar-refractivity contribution is 7.93. The molecule has 0 amide bonds. The first-order chi connectivity index (χ1) is 15.0. The zero-order valence-electron chi connectivity index (χ0n) is 16.4. The second-order valence-electron chi connectivity index (χ2n) is 6.30. The van der Waals surface area contributed by atoms with Crippen molar-refractivity contribution < 1.29 is 30.9 Å². The summed E-state index contributed by atoms with van der Waals surface area (Å²) in [5, 5.41) is 11.2. The Balaban J connectivity index is 1.95. The third kappa shape index (κ3) is 4.95. The standard InChI is InChI=1S/C19H16FN3O7S2/c1-30-19-11-10-15(12-18(19)23(24)25)32(28,29)22-17-5-3-2-4-16(17)21-31(26,27)14-8-6-13(20)7-9-14/h2-12,21-22H,1H3. The van der Waals surface area contributed by atoms with E-state index in [-0.39, 0.29) is 22.0 Å². The molecule has 0 atom stereocenters. The van der Waals surface area contributed by atoms with E-state index in [9.17, 15) is 31.3 Å². The van der Waals surface area contributed by atoms with Crippen molar-refractivity contribution in [1.29, 1.82) is 0 Å². The smallest absolute Gasteiger partial charge is 0.312 e. The molecule has 0 spiro atoms. The van der Waals surface area contributed by atoms with Crippen LogP contribution in [0.3, 0.4) is 0 Å². The summed E-state index contributed by atoms with van der Waals surface area (Å²) in [6.45, 7) is 0. The summed E-state index contributed by atoms with van der Waals surface area (Å²) in [7, 11) is -7.29. The monoisotopic (exact) mass is 481 g/mol. The van der Waals surface area contributed by atoms with E-state index in [1.807, 2.05) is 0 Å². The molecule has 10 nitrogen and oxygen atoms in total. The van der Waals surface area contributed by atoms with Gasteiger partial charge in [0, 0.05) is 6.07 Å². The Morgan fingerprint density at radius 1 is 0.844 bits per heavy atom. The van der Waals surface area contributed by atoms with Crippen molar-refractivity contribution in [3.05, 3.63) is 82.7 Å². The van der Waals surface area contributed by atoms with E-state index in [0.29, 0.717) is 0 Å². The molecule has 13 heteroatoms. The summed E-state index contributed by atoms with van der Waals surface area (Å²) in [6, 6.07) is 12.7. The number of nitrogens with zero attached hydrogens (tertiary/aromatic N) is 1.